The maximum Gasteiger partial charge on any atom is 0.171 e. The molecule has 0 unspecified atom stereocenters. The molecular weight excluding hydrogens is 340 g/mol. The van der Waals surface area contributed by atoms with Crippen LogP contribution in [0.2, 0.25) is 5.02 Å². The maximum atomic E-state index is 6.33. The second kappa shape index (κ2) is 7.86. The van der Waals surface area contributed by atoms with Crippen molar-refractivity contribution >= 4 is 34.6 Å². The standard InChI is InChI=1S/C19H23ClN2OS/c1-11-6-7-17(23-5)15(9-11)14(4)21-19(24)22-18-13(3)8-12(2)10-16(18)20/h6-10,14H,1-5H3,(H2,21,22,24)/t14-/m0/s1. The molecule has 0 radical (unpaired) electrons. The van der Waals surface area contributed by atoms with Crippen molar-refractivity contribution < 1.29 is 4.74 Å². The van der Waals surface area contributed by atoms with Crippen LogP contribution in [-0.2, 0) is 0 Å². The van der Waals surface area contributed by atoms with Gasteiger partial charge in [-0.15, -0.1) is 0 Å². The van der Waals surface area contributed by atoms with Gasteiger partial charge >= 0.3 is 0 Å². The van der Waals surface area contributed by atoms with Crippen molar-refractivity contribution in [2.45, 2.75) is 33.7 Å². The zero-order valence-electron chi connectivity index (χ0n) is 14.7. The Labute approximate surface area is 154 Å². The highest BCUT2D eigenvalue weighted by Crippen LogP contribution is 2.28. The minimum Gasteiger partial charge on any atom is -0.496 e. The minimum atomic E-state index is 0.00406. The van der Waals surface area contributed by atoms with Gasteiger partial charge in [-0.3, -0.25) is 0 Å². The number of rotatable bonds is 4. The second-order valence-corrected chi connectivity index (χ2v) is 6.82. The van der Waals surface area contributed by atoms with Crippen LogP contribution >= 0.6 is 23.8 Å². The lowest BCUT2D eigenvalue weighted by atomic mass is 10.0. The van der Waals surface area contributed by atoms with Crippen molar-refractivity contribution in [2.24, 2.45) is 0 Å². The Bertz CT molecular complexity index is 738. The fraction of sp³-hybridized carbons (Fsp3) is 0.316. The first-order valence-corrected chi connectivity index (χ1v) is 8.59. The number of ether oxygens (including phenoxy) is 1. The molecule has 0 aliphatic carbocycles. The highest BCUT2D eigenvalue weighted by atomic mass is 35.5. The van der Waals surface area contributed by atoms with Crippen LogP contribution in [0.4, 0.5) is 5.69 Å². The molecule has 128 valence electrons. The van der Waals surface area contributed by atoms with Crippen LogP contribution in [-0.4, -0.2) is 12.2 Å². The smallest absolute Gasteiger partial charge is 0.171 e. The number of hydrogen-bond acceptors (Lipinski definition) is 2. The van der Waals surface area contributed by atoms with Gasteiger partial charge in [-0.25, -0.2) is 0 Å². The fourth-order valence-electron chi connectivity index (χ4n) is 2.69. The third-order valence-corrected chi connectivity index (χ3v) is 4.39. The number of aryl methyl sites for hydroxylation is 3. The van der Waals surface area contributed by atoms with Crippen LogP contribution in [0.15, 0.2) is 30.3 Å². The van der Waals surface area contributed by atoms with E-state index in [9.17, 15) is 0 Å². The number of thiocarbonyl (C=S) groups is 1. The normalized spacial score (nSPS) is 11.8. The van der Waals surface area contributed by atoms with E-state index >= 15 is 0 Å². The van der Waals surface area contributed by atoms with Crippen molar-refractivity contribution in [3.05, 3.63) is 57.6 Å². The van der Waals surface area contributed by atoms with E-state index in [2.05, 4.69) is 36.6 Å². The summed E-state index contributed by atoms with van der Waals surface area (Å²) in [5, 5.41) is 7.70. The number of benzene rings is 2. The van der Waals surface area contributed by atoms with Gasteiger partial charge in [0.25, 0.3) is 0 Å². The lowest BCUT2D eigenvalue weighted by molar-refractivity contribution is 0.405. The Kier molecular flexibility index (Phi) is 6.08. The summed E-state index contributed by atoms with van der Waals surface area (Å²) in [5.74, 6) is 0.841. The van der Waals surface area contributed by atoms with E-state index in [1.165, 1.54) is 5.56 Å². The molecule has 1 atom stereocenters. The lowest BCUT2D eigenvalue weighted by Gasteiger charge is -2.21. The summed E-state index contributed by atoms with van der Waals surface area (Å²) in [6.45, 7) is 8.14. The van der Waals surface area contributed by atoms with Crippen molar-refractivity contribution in [2.75, 3.05) is 12.4 Å². The van der Waals surface area contributed by atoms with Gasteiger partial charge in [-0.05, 0) is 63.2 Å². The van der Waals surface area contributed by atoms with Crippen molar-refractivity contribution in [1.82, 2.24) is 5.32 Å². The second-order valence-electron chi connectivity index (χ2n) is 6.00. The summed E-state index contributed by atoms with van der Waals surface area (Å²) >= 11 is 11.8. The highest BCUT2D eigenvalue weighted by molar-refractivity contribution is 7.80. The first-order chi connectivity index (χ1) is 11.3. The van der Waals surface area contributed by atoms with E-state index < -0.39 is 0 Å². The lowest BCUT2D eigenvalue weighted by Crippen LogP contribution is -2.31. The molecule has 0 heterocycles. The van der Waals surface area contributed by atoms with E-state index in [0.29, 0.717) is 10.1 Å². The van der Waals surface area contributed by atoms with E-state index in [0.717, 1.165) is 28.1 Å². The van der Waals surface area contributed by atoms with Crippen LogP contribution in [0.3, 0.4) is 0 Å². The molecule has 3 nitrogen and oxygen atoms in total. The summed E-state index contributed by atoms with van der Waals surface area (Å²) in [4.78, 5) is 0. The Balaban J connectivity index is 2.14. The molecule has 0 bridgehead atoms. The quantitative estimate of drug-likeness (QED) is 0.721. The van der Waals surface area contributed by atoms with Gasteiger partial charge in [0.05, 0.1) is 23.9 Å². The van der Waals surface area contributed by atoms with Gasteiger partial charge in [0.15, 0.2) is 5.11 Å². The van der Waals surface area contributed by atoms with Crippen molar-refractivity contribution in [3.63, 3.8) is 0 Å². The van der Waals surface area contributed by atoms with Gasteiger partial charge in [0.2, 0.25) is 0 Å². The van der Waals surface area contributed by atoms with Gasteiger partial charge in [0, 0.05) is 5.56 Å². The Morgan fingerprint density at radius 3 is 2.46 bits per heavy atom. The van der Waals surface area contributed by atoms with Crippen molar-refractivity contribution in [1.29, 1.82) is 0 Å². The SMILES string of the molecule is COc1ccc(C)cc1[C@H](C)NC(=S)Nc1c(C)cc(C)cc1Cl. The summed E-state index contributed by atoms with van der Waals surface area (Å²) in [7, 11) is 1.67. The third kappa shape index (κ3) is 4.40. The summed E-state index contributed by atoms with van der Waals surface area (Å²) in [6, 6.07) is 10.1. The van der Waals surface area contributed by atoms with Gasteiger partial charge in [-0.2, -0.15) is 0 Å². The molecule has 0 saturated carbocycles. The molecule has 0 fully saturated rings. The van der Waals surface area contributed by atoms with E-state index in [1.807, 2.05) is 32.0 Å². The molecule has 5 heteroatoms. The van der Waals surface area contributed by atoms with Crippen molar-refractivity contribution in [3.8, 4) is 5.75 Å². The van der Waals surface area contributed by atoms with Gasteiger partial charge in [-0.1, -0.05) is 35.4 Å². The van der Waals surface area contributed by atoms with Crippen LogP contribution in [0.25, 0.3) is 0 Å². The number of hydrogen-bond donors (Lipinski definition) is 2. The maximum absolute atomic E-state index is 6.33. The predicted molar refractivity (Wildman–Crippen MR) is 106 cm³/mol. The Morgan fingerprint density at radius 1 is 1.12 bits per heavy atom. The molecule has 0 aromatic heterocycles. The number of anilines is 1. The van der Waals surface area contributed by atoms with Crippen LogP contribution < -0.4 is 15.4 Å². The number of halogens is 1. The molecule has 2 rings (SSSR count). The molecule has 2 aromatic rings. The molecule has 2 N–H and O–H groups in total. The van der Waals surface area contributed by atoms with Gasteiger partial charge < -0.3 is 15.4 Å². The highest BCUT2D eigenvalue weighted by Gasteiger charge is 2.14. The molecule has 2 aromatic carbocycles. The van der Waals surface area contributed by atoms with Crippen LogP contribution in [0.5, 0.6) is 5.75 Å². The summed E-state index contributed by atoms with van der Waals surface area (Å²) in [6.07, 6.45) is 0. The molecule has 0 spiro atoms. The molecule has 0 saturated heterocycles. The third-order valence-electron chi connectivity index (χ3n) is 3.87. The minimum absolute atomic E-state index is 0.00406. The average molecular weight is 363 g/mol. The van der Waals surface area contributed by atoms with Crippen LogP contribution in [0, 0.1) is 20.8 Å². The summed E-state index contributed by atoms with van der Waals surface area (Å²) in [5.41, 5.74) is 5.26. The fourth-order valence-corrected chi connectivity index (χ4v) is 3.34. The topological polar surface area (TPSA) is 33.3 Å². The number of nitrogens with one attached hydrogen (secondary N) is 2. The first kappa shape index (κ1) is 18.6. The van der Waals surface area contributed by atoms with Crippen LogP contribution in [0.1, 0.15) is 35.2 Å². The van der Waals surface area contributed by atoms with E-state index in [4.69, 9.17) is 28.6 Å². The number of methoxy groups -OCH3 is 1. The Morgan fingerprint density at radius 2 is 1.83 bits per heavy atom. The Hall–Kier alpha value is -1.78. The molecule has 0 amide bonds. The predicted octanol–water partition coefficient (Wildman–Crippen LogP) is 5.32. The monoisotopic (exact) mass is 362 g/mol. The zero-order chi connectivity index (χ0) is 17.9. The average Bonchev–Trinajstić information content (AvgIpc) is 2.50. The molecule has 0 aliphatic heterocycles. The molecule has 24 heavy (non-hydrogen) atoms. The zero-order valence-corrected chi connectivity index (χ0v) is 16.2. The molecule has 0 aliphatic rings. The van der Waals surface area contributed by atoms with E-state index in [-0.39, 0.29) is 6.04 Å². The van der Waals surface area contributed by atoms with E-state index in [1.54, 1.807) is 7.11 Å². The molecular formula is C19H23ClN2OS. The largest absolute Gasteiger partial charge is 0.496 e. The first-order valence-electron chi connectivity index (χ1n) is 7.80. The van der Waals surface area contributed by atoms with Gasteiger partial charge in [0.1, 0.15) is 5.75 Å². The summed E-state index contributed by atoms with van der Waals surface area (Å²) < 4.78 is 5.45.